The molecule has 2 N–H and O–H groups in total. The molecule has 8 heteroatoms. The first kappa shape index (κ1) is 15.8. The minimum absolute atomic E-state index is 0.154. The third-order valence-electron chi connectivity index (χ3n) is 3.21. The number of alkyl halides is 3. The fraction of sp³-hybridized carbons (Fsp3) is 0.692. The number of nitrogens with zero attached hydrogens (tertiary/aromatic N) is 2. The smallest absolute Gasteiger partial charge is 0.379 e. The van der Waals surface area contributed by atoms with E-state index in [0.29, 0.717) is 19.8 Å². The topological polar surface area (TPSA) is 59.1 Å². The van der Waals surface area contributed by atoms with Crippen molar-refractivity contribution >= 4 is 11.6 Å². The van der Waals surface area contributed by atoms with E-state index < -0.39 is 17.5 Å². The minimum Gasteiger partial charge on any atom is -0.379 e. The van der Waals surface area contributed by atoms with E-state index in [1.807, 2.05) is 6.92 Å². The lowest BCUT2D eigenvalue weighted by Crippen LogP contribution is -2.43. The van der Waals surface area contributed by atoms with Gasteiger partial charge in [0, 0.05) is 19.2 Å². The van der Waals surface area contributed by atoms with Crippen molar-refractivity contribution in [1.82, 2.24) is 9.97 Å². The Bertz CT molecular complexity index is 487. The Kier molecular flexibility index (Phi) is 4.55. The van der Waals surface area contributed by atoms with Gasteiger partial charge in [-0.1, -0.05) is 0 Å². The fourth-order valence-electron chi connectivity index (χ4n) is 2.25. The van der Waals surface area contributed by atoms with Gasteiger partial charge in [-0.15, -0.1) is 0 Å². The largest absolute Gasteiger partial charge is 0.451 e. The first-order chi connectivity index (χ1) is 9.82. The summed E-state index contributed by atoms with van der Waals surface area (Å²) >= 11 is 0. The third kappa shape index (κ3) is 4.20. The molecule has 1 aromatic heterocycles. The normalized spacial score (nSPS) is 22.9. The van der Waals surface area contributed by atoms with E-state index in [2.05, 4.69) is 20.6 Å². The Hall–Kier alpha value is -1.57. The van der Waals surface area contributed by atoms with Crippen molar-refractivity contribution in [2.24, 2.45) is 0 Å². The highest BCUT2D eigenvalue weighted by atomic mass is 19.4. The van der Waals surface area contributed by atoms with E-state index >= 15 is 0 Å². The van der Waals surface area contributed by atoms with E-state index in [1.54, 1.807) is 6.92 Å². The summed E-state index contributed by atoms with van der Waals surface area (Å²) in [5, 5.41) is 5.84. The van der Waals surface area contributed by atoms with Gasteiger partial charge in [0.05, 0.1) is 12.1 Å². The van der Waals surface area contributed by atoms with E-state index in [1.165, 1.54) is 6.07 Å². The van der Waals surface area contributed by atoms with Crippen LogP contribution in [0.1, 0.15) is 32.5 Å². The molecule has 1 aliphatic rings. The second kappa shape index (κ2) is 6.05. The molecule has 1 atom stereocenters. The molecule has 2 rings (SSSR count). The Morgan fingerprint density at radius 2 is 2.05 bits per heavy atom. The zero-order chi connectivity index (χ0) is 15.5. The summed E-state index contributed by atoms with van der Waals surface area (Å²) in [6.45, 7) is 5.30. The summed E-state index contributed by atoms with van der Waals surface area (Å²) in [6, 6.07) is 1.48. The highest BCUT2D eigenvalue weighted by Gasteiger charge is 2.36. The third-order valence-corrected chi connectivity index (χ3v) is 3.21. The van der Waals surface area contributed by atoms with Crippen molar-refractivity contribution in [1.29, 1.82) is 0 Å². The summed E-state index contributed by atoms with van der Waals surface area (Å²) in [5.41, 5.74) is -0.418. The van der Waals surface area contributed by atoms with Crippen LogP contribution in [0.5, 0.6) is 0 Å². The molecule has 0 radical (unpaired) electrons. The lowest BCUT2D eigenvalue weighted by atomic mass is 9.95. The van der Waals surface area contributed by atoms with Crippen LogP contribution < -0.4 is 10.6 Å². The van der Waals surface area contributed by atoms with Crippen molar-refractivity contribution in [3.05, 3.63) is 11.9 Å². The van der Waals surface area contributed by atoms with Gasteiger partial charge in [-0.25, -0.2) is 9.97 Å². The molecular weight excluding hydrogens is 285 g/mol. The summed E-state index contributed by atoms with van der Waals surface area (Å²) in [7, 11) is 0. The van der Waals surface area contributed by atoms with Crippen LogP contribution >= 0.6 is 0 Å². The molecule has 1 unspecified atom stereocenters. The van der Waals surface area contributed by atoms with E-state index in [0.717, 1.165) is 12.8 Å². The Balaban J connectivity index is 2.27. The van der Waals surface area contributed by atoms with Gasteiger partial charge in [0.2, 0.25) is 5.82 Å². The number of ether oxygens (including phenoxy) is 1. The molecule has 5 nitrogen and oxygen atoms in total. The second-order valence-electron chi connectivity index (χ2n) is 5.33. The molecule has 1 aromatic rings. The lowest BCUT2D eigenvalue weighted by Gasteiger charge is -2.34. The predicted molar refractivity (Wildman–Crippen MR) is 73.3 cm³/mol. The average molecular weight is 304 g/mol. The number of nitrogens with one attached hydrogen (secondary N) is 2. The van der Waals surface area contributed by atoms with Crippen molar-refractivity contribution in [2.45, 2.75) is 38.4 Å². The molecule has 21 heavy (non-hydrogen) atoms. The van der Waals surface area contributed by atoms with Crippen LogP contribution in [0.25, 0.3) is 0 Å². The molecule has 0 saturated carbocycles. The van der Waals surface area contributed by atoms with Gasteiger partial charge in [0.25, 0.3) is 0 Å². The highest BCUT2D eigenvalue weighted by molar-refractivity contribution is 5.49. The van der Waals surface area contributed by atoms with Gasteiger partial charge in [-0.3, -0.25) is 0 Å². The molecule has 1 fully saturated rings. The maximum atomic E-state index is 12.9. The summed E-state index contributed by atoms with van der Waals surface area (Å²) in [4.78, 5) is 7.08. The quantitative estimate of drug-likeness (QED) is 0.895. The van der Waals surface area contributed by atoms with Gasteiger partial charge in [0.15, 0.2) is 0 Å². The van der Waals surface area contributed by atoms with Crippen molar-refractivity contribution in [2.75, 3.05) is 30.4 Å². The molecule has 2 heterocycles. The van der Waals surface area contributed by atoms with Crippen LogP contribution in [0.15, 0.2) is 6.07 Å². The van der Waals surface area contributed by atoms with Crippen LogP contribution in [0.4, 0.5) is 24.8 Å². The Morgan fingerprint density at radius 3 is 2.62 bits per heavy atom. The van der Waals surface area contributed by atoms with E-state index in [9.17, 15) is 13.2 Å². The maximum absolute atomic E-state index is 12.9. The number of hydrogen-bond donors (Lipinski definition) is 2. The first-order valence-corrected chi connectivity index (χ1v) is 6.88. The zero-order valence-corrected chi connectivity index (χ0v) is 12.0. The van der Waals surface area contributed by atoms with Gasteiger partial charge < -0.3 is 15.4 Å². The summed E-state index contributed by atoms with van der Waals surface area (Å²) in [5.74, 6) is -0.840. The molecule has 0 spiro atoms. The highest BCUT2D eigenvalue weighted by Crippen LogP contribution is 2.30. The molecule has 1 aliphatic heterocycles. The summed E-state index contributed by atoms with van der Waals surface area (Å²) < 4.78 is 44.0. The SMILES string of the molecule is CCNc1cc(NC2(C)CCCOC2)nc(C(F)(F)F)n1. The molecule has 1 saturated heterocycles. The first-order valence-electron chi connectivity index (χ1n) is 6.88. The lowest BCUT2D eigenvalue weighted by molar-refractivity contribution is -0.144. The van der Waals surface area contributed by atoms with Gasteiger partial charge in [-0.2, -0.15) is 13.2 Å². The van der Waals surface area contributed by atoms with Crippen molar-refractivity contribution < 1.29 is 17.9 Å². The van der Waals surface area contributed by atoms with Crippen LogP contribution in [-0.2, 0) is 10.9 Å². The van der Waals surface area contributed by atoms with Crippen molar-refractivity contribution in [3.63, 3.8) is 0 Å². The monoisotopic (exact) mass is 304 g/mol. The molecule has 0 aliphatic carbocycles. The van der Waals surface area contributed by atoms with E-state index in [4.69, 9.17) is 4.74 Å². The van der Waals surface area contributed by atoms with Gasteiger partial charge in [0.1, 0.15) is 11.6 Å². The van der Waals surface area contributed by atoms with Gasteiger partial charge in [-0.05, 0) is 26.7 Å². The van der Waals surface area contributed by atoms with Crippen LogP contribution in [0.2, 0.25) is 0 Å². The Morgan fingerprint density at radius 1 is 1.33 bits per heavy atom. The van der Waals surface area contributed by atoms with E-state index in [-0.39, 0.29) is 11.6 Å². The fourth-order valence-corrected chi connectivity index (χ4v) is 2.25. The molecule has 0 bridgehead atoms. The number of anilines is 2. The maximum Gasteiger partial charge on any atom is 0.451 e. The van der Waals surface area contributed by atoms with Crippen LogP contribution in [0.3, 0.4) is 0 Å². The number of halogens is 3. The molecule has 118 valence electrons. The predicted octanol–water partition coefficient (Wildman–Crippen LogP) is 2.91. The minimum atomic E-state index is -4.58. The molecule has 0 amide bonds. The van der Waals surface area contributed by atoms with Gasteiger partial charge >= 0.3 is 6.18 Å². The van der Waals surface area contributed by atoms with Crippen LogP contribution in [0, 0.1) is 0 Å². The number of rotatable bonds is 4. The second-order valence-corrected chi connectivity index (χ2v) is 5.33. The number of hydrogen-bond acceptors (Lipinski definition) is 5. The average Bonchev–Trinajstić information content (AvgIpc) is 2.38. The summed E-state index contributed by atoms with van der Waals surface area (Å²) in [6.07, 6.45) is -2.90. The zero-order valence-electron chi connectivity index (χ0n) is 12.0. The molecule has 0 aromatic carbocycles. The van der Waals surface area contributed by atoms with Crippen LogP contribution in [-0.4, -0.2) is 35.3 Å². The molecular formula is C13H19F3N4O. The number of aromatic nitrogens is 2. The standard InChI is InChI=1S/C13H19F3N4O/c1-3-17-9-7-10(19-11(18-9)13(14,15)16)20-12(2)5-4-6-21-8-12/h7H,3-6,8H2,1-2H3,(H2,17,18,19,20). The Labute approximate surface area is 121 Å². The van der Waals surface area contributed by atoms with Crippen molar-refractivity contribution in [3.8, 4) is 0 Å².